The van der Waals surface area contributed by atoms with Gasteiger partial charge < -0.3 is 5.11 Å². The van der Waals surface area contributed by atoms with Gasteiger partial charge in [-0.2, -0.15) is 5.10 Å². The summed E-state index contributed by atoms with van der Waals surface area (Å²) in [6.45, 7) is 3.90. The van der Waals surface area contributed by atoms with E-state index in [0.717, 1.165) is 22.4 Å². The Hall–Kier alpha value is -2.66. The molecule has 116 valence electrons. The first kappa shape index (κ1) is 15.2. The van der Waals surface area contributed by atoms with E-state index in [9.17, 15) is 5.11 Å². The lowest BCUT2D eigenvalue weighted by Crippen LogP contribution is -1.94. The summed E-state index contributed by atoms with van der Waals surface area (Å²) in [7, 11) is 0. The van der Waals surface area contributed by atoms with Crippen molar-refractivity contribution in [2.24, 2.45) is 5.10 Å². The van der Waals surface area contributed by atoms with Crippen molar-refractivity contribution in [2.45, 2.75) is 13.8 Å². The molecule has 0 aliphatic rings. The monoisotopic (exact) mass is 323 g/mol. The van der Waals surface area contributed by atoms with Gasteiger partial charge in [0.1, 0.15) is 5.75 Å². The summed E-state index contributed by atoms with van der Waals surface area (Å²) in [4.78, 5) is 4.50. The number of aromatic nitrogens is 1. The summed E-state index contributed by atoms with van der Waals surface area (Å²) in [5, 5.41) is 16.9. The van der Waals surface area contributed by atoms with Gasteiger partial charge in [0.05, 0.1) is 11.9 Å². The number of aromatic hydroxyl groups is 1. The summed E-state index contributed by atoms with van der Waals surface area (Å²) < 4.78 is 0. The zero-order chi connectivity index (χ0) is 16.2. The molecule has 0 unspecified atom stereocenters. The molecule has 0 saturated carbocycles. The molecule has 0 radical (unpaired) electrons. The Kier molecular flexibility index (Phi) is 4.39. The molecule has 0 bridgehead atoms. The van der Waals surface area contributed by atoms with Gasteiger partial charge in [-0.15, -0.1) is 11.3 Å². The van der Waals surface area contributed by atoms with Crippen LogP contribution in [0.1, 0.15) is 16.7 Å². The van der Waals surface area contributed by atoms with Crippen molar-refractivity contribution >= 4 is 22.7 Å². The zero-order valence-corrected chi connectivity index (χ0v) is 13.8. The number of hydrogen-bond acceptors (Lipinski definition) is 5. The maximum absolute atomic E-state index is 9.99. The van der Waals surface area contributed by atoms with Gasteiger partial charge in [0.2, 0.25) is 5.13 Å². The first-order valence-electron chi connectivity index (χ1n) is 7.24. The van der Waals surface area contributed by atoms with E-state index >= 15 is 0 Å². The average molecular weight is 323 g/mol. The molecule has 3 rings (SSSR count). The Morgan fingerprint density at radius 2 is 1.96 bits per heavy atom. The van der Waals surface area contributed by atoms with Crippen molar-refractivity contribution < 1.29 is 5.11 Å². The van der Waals surface area contributed by atoms with Crippen LogP contribution < -0.4 is 5.43 Å². The van der Waals surface area contributed by atoms with Crippen molar-refractivity contribution in [1.29, 1.82) is 0 Å². The summed E-state index contributed by atoms with van der Waals surface area (Å²) in [5.74, 6) is 0.233. The van der Waals surface area contributed by atoms with Crippen LogP contribution in [-0.4, -0.2) is 16.3 Å². The summed E-state index contributed by atoms with van der Waals surface area (Å²) in [5.41, 5.74) is 7.63. The second-order valence-corrected chi connectivity index (χ2v) is 6.15. The molecule has 0 aliphatic carbocycles. The maximum atomic E-state index is 9.99. The van der Waals surface area contributed by atoms with E-state index in [1.807, 2.05) is 55.6 Å². The Morgan fingerprint density at radius 1 is 1.17 bits per heavy atom. The molecular weight excluding hydrogens is 306 g/mol. The lowest BCUT2D eigenvalue weighted by molar-refractivity contribution is 0.473. The molecule has 3 aromatic rings. The number of phenols is 1. The van der Waals surface area contributed by atoms with Crippen molar-refractivity contribution in [3.8, 4) is 17.0 Å². The van der Waals surface area contributed by atoms with E-state index in [-0.39, 0.29) is 5.75 Å². The minimum absolute atomic E-state index is 0.233. The van der Waals surface area contributed by atoms with Gasteiger partial charge in [-0.25, -0.2) is 4.98 Å². The molecular formula is C18H17N3OS. The van der Waals surface area contributed by atoms with Crippen LogP contribution in [0.5, 0.6) is 5.75 Å². The predicted octanol–water partition coefficient (Wildman–Crippen LogP) is 4.58. The number of aryl methyl sites for hydroxylation is 2. The molecule has 1 heterocycles. The highest BCUT2D eigenvalue weighted by molar-refractivity contribution is 7.14. The minimum Gasteiger partial charge on any atom is -0.507 e. The first-order valence-corrected chi connectivity index (χ1v) is 8.11. The number of thiazole rings is 1. The van der Waals surface area contributed by atoms with Crippen LogP contribution in [-0.2, 0) is 0 Å². The van der Waals surface area contributed by atoms with E-state index in [2.05, 4.69) is 15.5 Å². The van der Waals surface area contributed by atoms with Crippen LogP contribution >= 0.6 is 11.3 Å². The van der Waals surface area contributed by atoms with Crippen molar-refractivity contribution in [2.75, 3.05) is 5.43 Å². The normalized spacial score (nSPS) is 11.0. The van der Waals surface area contributed by atoms with Crippen LogP contribution in [0.2, 0.25) is 0 Å². The van der Waals surface area contributed by atoms with Gasteiger partial charge in [-0.3, -0.25) is 5.43 Å². The lowest BCUT2D eigenvalue weighted by atomic mass is 10.1. The van der Waals surface area contributed by atoms with E-state index in [1.54, 1.807) is 12.3 Å². The number of hydrazone groups is 1. The van der Waals surface area contributed by atoms with E-state index in [4.69, 9.17) is 0 Å². The van der Waals surface area contributed by atoms with Gasteiger partial charge in [-0.1, -0.05) is 36.4 Å². The number of hydrogen-bond donors (Lipinski definition) is 2. The second-order valence-electron chi connectivity index (χ2n) is 5.29. The highest BCUT2D eigenvalue weighted by Gasteiger charge is 2.05. The molecule has 0 aliphatic heterocycles. The Balaban J connectivity index is 1.73. The Labute approximate surface area is 139 Å². The standard InChI is InChI=1S/C18H17N3OS/c1-12-8-13(2)15(17(22)9-12)10-19-21-18-20-16(11-23-18)14-6-4-3-5-7-14/h3-11,22H,1-2H3,(H,20,21). The summed E-state index contributed by atoms with van der Waals surface area (Å²) in [6.07, 6.45) is 1.62. The van der Waals surface area contributed by atoms with Gasteiger partial charge >= 0.3 is 0 Å². The summed E-state index contributed by atoms with van der Waals surface area (Å²) in [6, 6.07) is 13.7. The van der Waals surface area contributed by atoms with E-state index in [0.29, 0.717) is 10.7 Å². The van der Waals surface area contributed by atoms with Crippen LogP contribution in [0, 0.1) is 13.8 Å². The van der Waals surface area contributed by atoms with Crippen LogP contribution in [0.4, 0.5) is 5.13 Å². The third kappa shape index (κ3) is 3.57. The number of rotatable bonds is 4. The molecule has 0 saturated heterocycles. The summed E-state index contributed by atoms with van der Waals surface area (Å²) >= 11 is 1.49. The fourth-order valence-electron chi connectivity index (χ4n) is 2.34. The fraction of sp³-hybridized carbons (Fsp3) is 0.111. The maximum Gasteiger partial charge on any atom is 0.203 e. The molecule has 0 spiro atoms. The molecule has 2 aromatic carbocycles. The quantitative estimate of drug-likeness (QED) is 0.546. The molecule has 2 N–H and O–H groups in total. The molecule has 23 heavy (non-hydrogen) atoms. The fourth-order valence-corrected chi connectivity index (χ4v) is 3.01. The third-order valence-electron chi connectivity index (χ3n) is 3.44. The highest BCUT2D eigenvalue weighted by atomic mass is 32.1. The third-order valence-corrected chi connectivity index (χ3v) is 4.18. The topological polar surface area (TPSA) is 57.5 Å². The van der Waals surface area contributed by atoms with Crippen molar-refractivity contribution in [1.82, 2.24) is 4.98 Å². The van der Waals surface area contributed by atoms with Gasteiger partial charge in [0.15, 0.2) is 0 Å². The van der Waals surface area contributed by atoms with Gasteiger partial charge in [-0.05, 0) is 31.0 Å². The van der Waals surface area contributed by atoms with E-state index < -0.39 is 0 Å². The molecule has 1 aromatic heterocycles. The predicted molar refractivity (Wildman–Crippen MR) is 96.3 cm³/mol. The number of benzene rings is 2. The molecule has 4 nitrogen and oxygen atoms in total. The average Bonchev–Trinajstić information content (AvgIpc) is 2.99. The molecule has 0 amide bonds. The number of nitrogens with zero attached hydrogens (tertiary/aromatic N) is 2. The smallest absolute Gasteiger partial charge is 0.203 e. The minimum atomic E-state index is 0.233. The zero-order valence-electron chi connectivity index (χ0n) is 12.9. The van der Waals surface area contributed by atoms with Crippen LogP contribution in [0.25, 0.3) is 11.3 Å². The first-order chi connectivity index (χ1) is 11.1. The van der Waals surface area contributed by atoms with Crippen molar-refractivity contribution in [3.63, 3.8) is 0 Å². The highest BCUT2D eigenvalue weighted by Crippen LogP contribution is 2.25. The largest absolute Gasteiger partial charge is 0.507 e. The van der Waals surface area contributed by atoms with Crippen molar-refractivity contribution in [3.05, 3.63) is 64.5 Å². The lowest BCUT2D eigenvalue weighted by Gasteiger charge is -2.04. The molecule has 0 fully saturated rings. The molecule has 0 atom stereocenters. The van der Waals surface area contributed by atoms with Gasteiger partial charge in [0.25, 0.3) is 0 Å². The Morgan fingerprint density at radius 3 is 2.70 bits per heavy atom. The van der Waals surface area contributed by atoms with Gasteiger partial charge in [0, 0.05) is 16.5 Å². The Bertz CT molecular complexity index is 817. The number of phenolic OH excluding ortho intramolecular Hbond substituents is 1. The molecule has 5 heteroatoms. The van der Waals surface area contributed by atoms with Crippen LogP contribution in [0.15, 0.2) is 52.9 Å². The van der Waals surface area contributed by atoms with E-state index in [1.165, 1.54) is 11.3 Å². The second kappa shape index (κ2) is 6.62. The number of nitrogens with one attached hydrogen (secondary N) is 1. The SMILES string of the molecule is Cc1cc(C)c(C=NNc2nc(-c3ccccc3)cs2)c(O)c1. The van der Waals surface area contributed by atoms with Crippen LogP contribution in [0.3, 0.4) is 0 Å². The number of anilines is 1.